The van der Waals surface area contributed by atoms with Crippen LogP contribution in [0.3, 0.4) is 0 Å². The van der Waals surface area contributed by atoms with Crippen molar-refractivity contribution < 1.29 is 14.3 Å². The molecule has 0 saturated carbocycles. The highest BCUT2D eigenvalue weighted by Gasteiger charge is 2.30. The summed E-state index contributed by atoms with van der Waals surface area (Å²) < 4.78 is 5.39. The van der Waals surface area contributed by atoms with Crippen LogP contribution in [-0.2, 0) is 17.6 Å². The molecule has 1 atom stereocenters. The van der Waals surface area contributed by atoms with Crippen LogP contribution in [0.25, 0.3) is 22.2 Å². The molecule has 1 amide bonds. The fourth-order valence-corrected chi connectivity index (χ4v) is 6.43. The highest BCUT2D eigenvalue weighted by atomic mass is 35.5. The van der Waals surface area contributed by atoms with E-state index in [0.29, 0.717) is 38.3 Å². The summed E-state index contributed by atoms with van der Waals surface area (Å²) in [6, 6.07) is 16.7. The number of benzene rings is 2. The Balaban J connectivity index is 1.58. The van der Waals surface area contributed by atoms with Crippen LogP contribution in [0.15, 0.2) is 54.6 Å². The standard InChI is InChI=1S/C29H27ClN2O3S/c1-3-17-13-14-20-25(15-17)36-28(26(20)29(34)35-4-2)32-27(33)21-16-24(19-10-5-7-11-22(19)30)31-23-12-8-6-9-18(21)23/h5-12,16-17H,3-4,13-15H2,1-2H3,(H,32,33)/t17-/m1/s1. The number of fused-ring (bicyclic) bond motifs is 2. The number of para-hydroxylation sites is 1. The minimum atomic E-state index is -0.378. The van der Waals surface area contributed by atoms with Crippen LogP contribution in [0.5, 0.6) is 0 Å². The van der Waals surface area contributed by atoms with Crippen LogP contribution < -0.4 is 5.32 Å². The minimum Gasteiger partial charge on any atom is -0.462 e. The molecule has 1 N–H and O–H groups in total. The van der Waals surface area contributed by atoms with E-state index < -0.39 is 0 Å². The molecular formula is C29H27ClN2O3S. The lowest BCUT2D eigenvalue weighted by atomic mass is 9.85. The number of thiophene rings is 1. The molecule has 0 unspecified atom stereocenters. The lowest BCUT2D eigenvalue weighted by molar-refractivity contribution is 0.0526. The van der Waals surface area contributed by atoms with E-state index in [1.54, 1.807) is 19.1 Å². The largest absolute Gasteiger partial charge is 0.462 e. The highest BCUT2D eigenvalue weighted by Crippen LogP contribution is 2.41. The van der Waals surface area contributed by atoms with Crippen molar-refractivity contribution >= 4 is 50.7 Å². The molecule has 0 radical (unpaired) electrons. The molecule has 2 aromatic heterocycles. The van der Waals surface area contributed by atoms with Gasteiger partial charge in [-0.3, -0.25) is 4.79 Å². The van der Waals surface area contributed by atoms with Gasteiger partial charge in [0.2, 0.25) is 0 Å². The van der Waals surface area contributed by atoms with Gasteiger partial charge in [0.15, 0.2) is 0 Å². The molecule has 5 nitrogen and oxygen atoms in total. The first kappa shape index (κ1) is 24.5. The van der Waals surface area contributed by atoms with Gasteiger partial charge < -0.3 is 10.1 Å². The second-order valence-corrected chi connectivity index (χ2v) is 10.5. The molecule has 1 aliphatic rings. The van der Waals surface area contributed by atoms with E-state index in [1.165, 1.54) is 16.2 Å². The van der Waals surface area contributed by atoms with Crippen molar-refractivity contribution in [1.82, 2.24) is 4.98 Å². The first-order valence-corrected chi connectivity index (χ1v) is 13.5. The summed E-state index contributed by atoms with van der Waals surface area (Å²) in [5.74, 6) is -0.0771. The van der Waals surface area contributed by atoms with Gasteiger partial charge in [-0.1, -0.05) is 61.3 Å². The number of ether oxygens (including phenoxy) is 1. The van der Waals surface area contributed by atoms with E-state index in [1.807, 2.05) is 42.5 Å². The molecule has 36 heavy (non-hydrogen) atoms. The number of carbonyl (C=O) groups is 2. The van der Waals surface area contributed by atoms with Crippen molar-refractivity contribution in [3.8, 4) is 11.3 Å². The average Bonchev–Trinajstić information content (AvgIpc) is 3.25. The Kier molecular flexibility index (Phi) is 7.08. The SMILES string of the molecule is CCOC(=O)c1c(NC(=O)c2cc(-c3ccccc3Cl)nc3ccccc23)sc2c1CC[C@@H](CC)C2. The quantitative estimate of drug-likeness (QED) is 0.267. The summed E-state index contributed by atoms with van der Waals surface area (Å²) in [6.07, 6.45) is 3.88. The summed E-state index contributed by atoms with van der Waals surface area (Å²) in [7, 11) is 0. The van der Waals surface area contributed by atoms with Gasteiger partial charge >= 0.3 is 5.97 Å². The first-order valence-electron chi connectivity index (χ1n) is 12.3. The molecular weight excluding hydrogens is 492 g/mol. The molecule has 0 aliphatic heterocycles. The van der Waals surface area contributed by atoms with Crippen molar-refractivity contribution in [3.63, 3.8) is 0 Å². The van der Waals surface area contributed by atoms with Gasteiger partial charge in [0.25, 0.3) is 5.91 Å². The number of carbonyl (C=O) groups excluding carboxylic acids is 2. The van der Waals surface area contributed by atoms with Crippen LogP contribution in [0.4, 0.5) is 5.00 Å². The Bertz CT molecular complexity index is 1460. The number of hydrogen-bond donors (Lipinski definition) is 1. The average molecular weight is 519 g/mol. The van der Waals surface area contributed by atoms with E-state index in [9.17, 15) is 9.59 Å². The van der Waals surface area contributed by atoms with Gasteiger partial charge in [-0.2, -0.15) is 0 Å². The first-order chi connectivity index (χ1) is 17.5. The number of rotatable bonds is 6. The monoisotopic (exact) mass is 518 g/mol. The number of pyridine rings is 1. The normalized spacial score (nSPS) is 14.9. The van der Waals surface area contributed by atoms with Gasteiger partial charge in [0, 0.05) is 20.8 Å². The van der Waals surface area contributed by atoms with Gasteiger partial charge in [0.05, 0.1) is 28.9 Å². The molecule has 5 rings (SSSR count). The smallest absolute Gasteiger partial charge is 0.341 e. The zero-order chi connectivity index (χ0) is 25.2. The highest BCUT2D eigenvalue weighted by molar-refractivity contribution is 7.17. The van der Waals surface area contributed by atoms with Gasteiger partial charge in [-0.25, -0.2) is 9.78 Å². The molecule has 2 heterocycles. The number of aromatic nitrogens is 1. The zero-order valence-electron chi connectivity index (χ0n) is 20.3. The molecule has 1 aliphatic carbocycles. The predicted octanol–water partition coefficient (Wildman–Crippen LogP) is 7.56. The van der Waals surface area contributed by atoms with E-state index in [4.69, 9.17) is 21.3 Å². The van der Waals surface area contributed by atoms with Crippen molar-refractivity contribution in [3.05, 3.63) is 81.2 Å². The Hall–Kier alpha value is -3.22. The molecule has 4 aromatic rings. The number of nitrogens with one attached hydrogen (secondary N) is 1. The Morgan fingerprint density at radius 1 is 1.14 bits per heavy atom. The topological polar surface area (TPSA) is 68.3 Å². The number of hydrogen-bond acceptors (Lipinski definition) is 5. The Morgan fingerprint density at radius 2 is 1.92 bits per heavy atom. The Labute approximate surface area is 219 Å². The Morgan fingerprint density at radius 3 is 2.69 bits per heavy atom. The minimum absolute atomic E-state index is 0.282. The maximum Gasteiger partial charge on any atom is 0.341 e. The van der Waals surface area contributed by atoms with Gasteiger partial charge in [0.1, 0.15) is 5.00 Å². The molecule has 2 aromatic carbocycles. The molecule has 0 saturated heterocycles. The molecule has 0 bridgehead atoms. The van der Waals surface area contributed by atoms with Crippen LogP contribution >= 0.6 is 22.9 Å². The van der Waals surface area contributed by atoms with Crippen molar-refractivity contribution in [1.29, 1.82) is 0 Å². The summed E-state index contributed by atoms with van der Waals surface area (Å²) in [5.41, 5.74) is 4.07. The van der Waals surface area contributed by atoms with Crippen LogP contribution in [-0.4, -0.2) is 23.5 Å². The van der Waals surface area contributed by atoms with Crippen molar-refractivity contribution in [2.45, 2.75) is 39.5 Å². The third kappa shape index (κ3) is 4.63. The lowest BCUT2D eigenvalue weighted by Crippen LogP contribution is -2.17. The third-order valence-electron chi connectivity index (χ3n) is 6.76. The lowest BCUT2D eigenvalue weighted by Gasteiger charge is -2.20. The molecule has 0 spiro atoms. The maximum absolute atomic E-state index is 13.7. The number of halogens is 1. The van der Waals surface area contributed by atoms with Crippen LogP contribution in [0, 0.1) is 5.92 Å². The van der Waals surface area contributed by atoms with Crippen molar-refractivity contribution in [2.75, 3.05) is 11.9 Å². The molecule has 7 heteroatoms. The summed E-state index contributed by atoms with van der Waals surface area (Å²) in [5, 5.41) is 4.91. The van der Waals surface area contributed by atoms with E-state index in [0.717, 1.165) is 42.2 Å². The summed E-state index contributed by atoms with van der Waals surface area (Å²) >= 11 is 7.95. The van der Waals surface area contributed by atoms with Crippen molar-refractivity contribution in [2.24, 2.45) is 5.92 Å². The summed E-state index contributed by atoms with van der Waals surface area (Å²) in [4.78, 5) is 32.6. The second-order valence-electron chi connectivity index (χ2n) is 8.95. The van der Waals surface area contributed by atoms with Crippen LogP contribution in [0.2, 0.25) is 5.02 Å². The number of amides is 1. The number of anilines is 1. The fraction of sp³-hybridized carbons (Fsp3) is 0.276. The van der Waals surface area contributed by atoms with Gasteiger partial charge in [-0.05, 0) is 55.9 Å². The molecule has 0 fully saturated rings. The third-order valence-corrected chi connectivity index (χ3v) is 8.26. The summed E-state index contributed by atoms with van der Waals surface area (Å²) in [6.45, 7) is 4.27. The fourth-order valence-electron chi connectivity index (χ4n) is 4.85. The molecule has 184 valence electrons. The van der Waals surface area contributed by atoms with Gasteiger partial charge in [-0.15, -0.1) is 11.3 Å². The zero-order valence-corrected chi connectivity index (χ0v) is 21.8. The second kappa shape index (κ2) is 10.4. The number of nitrogens with zero attached hydrogens (tertiary/aromatic N) is 1. The predicted molar refractivity (Wildman–Crippen MR) is 146 cm³/mol. The maximum atomic E-state index is 13.7. The van der Waals surface area contributed by atoms with E-state index >= 15 is 0 Å². The van der Waals surface area contributed by atoms with Crippen LogP contribution in [0.1, 0.15) is 57.8 Å². The van der Waals surface area contributed by atoms with E-state index in [2.05, 4.69) is 12.2 Å². The number of esters is 1. The van der Waals surface area contributed by atoms with E-state index in [-0.39, 0.29) is 18.5 Å².